The maximum atomic E-state index is 15.7. The van der Waals surface area contributed by atoms with Gasteiger partial charge in [-0.2, -0.15) is 13.2 Å². The molecule has 10 heteroatoms. The Bertz CT molecular complexity index is 1370. The third-order valence-corrected chi connectivity index (χ3v) is 7.74. The maximum Gasteiger partial charge on any atom is 0.401 e. The molecule has 208 valence electrons. The SMILES string of the molecule is C#Cc1ccc2c3c([nH]c2c1)[C@@H](c1c(F)cc(N[C@H]2CCN(CCCF)C2)cc1F)N(CC(F)(F)F)[C@H](C)C3. The number of nitrogens with zero attached hydrogens (tertiary/aromatic N) is 2. The fraction of sp³-hybridized carbons (Fsp3) is 0.448. The van der Waals surface area contributed by atoms with Crippen LogP contribution in [-0.4, -0.2) is 65.9 Å². The molecule has 3 aromatic rings. The Morgan fingerprint density at radius 1 is 1.15 bits per heavy atom. The lowest BCUT2D eigenvalue weighted by Gasteiger charge is -2.41. The van der Waals surface area contributed by atoms with E-state index >= 15 is 8.78 Å². The van der Waals surface area contributed by atoms with Crippen molar-refractivity contribution in [1.29, 1.82) is 0 Å². The average Bonchev–Trinajstić information content (AvgIpc) is 3.46. The highest BCUT2D eigenvalue weighted by atomic mass is 19.4. The Labute approximate surface area is 223 Å². The molecule has 0 radical (unpaired) electrons. The predicted octanol–water partition coefficient (Wildman–Crippen LogP) is 6.17. The molecule has 1 saturated heterocycles. The molecule has 0 spiro atoms. The molecule has 5 rings (SSSR count). The molecular formula is C29H30F6N4. The van der Waals surface area contributed by atoms with E-state index in [1.165, 1.54) is 0 Å². The highest BCUT2D eigenvalue weighted by molar-refractivity contribution is 5.86. The zero-order chi connectivity index (χ0) is 27.9. The number of terminal acetylenes is 1. The minimum Gasteiger partial charge on any atom is -0.381 e. The lowest BCUT2D eigenvalue weighted by molar-refractivity contribution is -0.155. The zero-order valence-corrected chi connectivity index (χ0v) is 21.5. The Hall–Kier alpha value is -3.16. The van der Waals surface area contributed by atoms with Gasteiger partial charge in [0.15, 0.2) is 0 Å². The summed E-state index contributed by atoms with van der Waals surface area (Å²) in [4.78, 5) is 6.33. The van der Waals surface area contributed by atoms with Gasteiger partial charge in [-0.25, -0.2) is 8.78 Å². The van der Waals surface area contributed by atoms with Gasteiger partial charge in [0.1, 0.15) is 11.6 Å². The lowest BCUT2D eigenvalue weighted by Crippen LogP contribution is -2.47. The summed E-state index contributed by atoms with van der Waals surface area (Å²) in [5, 5.41) is 3.90. The van der Waals surface area contributed by atoms with Crippen molar-refractivity contribution in [2.24, 2.45) is 0 Å². The molecule has 0 aliphatic carbocycles. The summed E-state index contributed by atoms with van der Waals surface area (Å²) in [5.41, 5.74) is 2.04. The first kappa shape index (κ1) is 27.4. The Kier molecular flexibility index (Phi) is 7.57. The van der Waals surface area contributed by atoms with Gasteiger partial charge >= 0.3 is 6.18 Å². The number of nitrogens with one attached hydrogen (secondary N) is 2. The van der Waals surface area contributed by atoms with E-state index in [1.807, 2.05) is 0 Å². The maximum absolute atomic E-state index is 15.7. The molecular weight excluding hydrogens is 518 g/mol. The Balaban J connectivity index is 1.53. The van der Waals surface area contributed by atoms with Gasteiger partial charge in [0, 0.05) is 65.1 Å². The van der Waals surface area contributed by atoms with Crippen LogP contribution >= 0.6 is 0 Å². The van der Waals surface area contributed by atoms with E-state index in [4.69, 9.17) is 6.42 Å². The smallest absolute Gasteiger partial charge is 0.381 e. The van der Waals surface area contributed by atoms with Crippen molar-refractivity contribution in [3.05, 3.63) is 64.4 Å². The second-order valence-electron chi connectivity index (χ2n) is 10.5. The predicted molar refractivity (Wildman–Crippen MR) is 139 cm³/mol. The number of rotatable bonds is 7. The summed E-state index contributed by atoms with van der Waals surface area (Å²) in [7, 11) is 0. The van der Waals surface area contributed by atoms with E-state index in [1.54, 1.807) is 25.1 Å². The highest BCUT2D eigenvalue weighted by Gasteiger charge is 2.43. The number of hydrogen-bond donors (Lipinski definition) is 2. The van der Waals surface area contributed by atoms with E-state index in [-0.39, 0.29) is 18.2 Å². The summed E-state index contributed by atoms with van der Waals surface area (Å²) >= 11 is 0. The molecule has 0 amide bonds. The normalized spacial score (nSPS) is 22.3. The van der Waals surface area contributed by atoms with Crippen molar-refractivity contribution in [1.82, 2.24) is 14.8 Å². The summed E-state index contributed by atoms with van der Waals surface area (Å²) in [5.74, 6) is 0.680. The fourth-order valence-corrected chi connectivity index (χ4v) is 6.02. The van der Waals surface area contributed by atoms with Gasteiger partial charge in [0.05, 0.1) is 19.3 Å². The number of benzene rings is 2. The fourth-order valence-electron chi connectivity index (χ4n) is 6.02. The molecule has 1 aromatic heterocycles. The third-order valence-electron chi connectivity index (χ3n) is 7.74. The number of likely N-dealkylation sites (tertiary alicyclic amines) is 1. The first-order valence-electron chi connectivity index (χ1n) is 13.1. The summed E-state index contributed by atoms with van der Waals surface area (Å²) in [6.45, 7) is 1.89. The topological polar surface area (TPSA) is 34.3 Å². The van der Waals surface area contributed by atoms with Crippen LogP contribution in [0, 0.1) is 24.0 Å². The van der Waals surface area contributed by atoms with Crippen molar-refractivity contribution in [3.63, 3.8) is 0 Å². The monoisotopic (exact) mass is 548 g/mol. The van der Waals surface area contributed by atoms with E-state index < -0.39 is 48.7 Å². The molecule has 2 aromatic carbocycles. The molecule has 0 saturated carbocycles. The molecule has 0 unspecified atom stereocenters. The van der Waals surface area contributed by atoms with Crippen LogP contribution in [0.3, 0.4) is 0 Å². The minimum atomic E-state index is -4.57. The van der Waals surface area contributed by atoms with Crippen LogP contribution in [-0.2, 0) is 6.42 Å². The first-order chi connectivity index (χ1) is 18.6. The largest absolute Gasteiger partial charge is 0.401 e. The van der Waals surface area contributed by atoms with Gasteiger partial charge in [-0.3, -0.25) is 9.29 Å². The summed E-state index contributed by atoms with van der Waals surface area (Å²) in [6.07, 6.45) is 2.38. The van der Waals surface area contributed by atoms with Crippen LogP contribution in [0.25, 0.3) is 10.9 Å². The minimum absolute atomic E-state index is 0.0728. The van der Waals surface area contributed by atoms with Crippen molar-refractivity contribution >= 4 is 16.6 Å². The number of halogens is 6. The first-order valence-corrected chi connectivity index (χ1v) is 13.1. The third kappa shape index (κ3) is 5.61. The average molecular weight is 549 g/mol. The number of anilines is 1. The molecule has 2 aliphatic heterocycles. The zero-order valence-electron chi connectivity index (χ0n) is 21.5. The van der Waals surface area contributed by atoms with Crippen molar-refractivity contribution in [2.75, 3.05) is 38.2 Å². The Morgan fingerprint density at radius 3 is 2.56 bits per heavy atom. The van der Waals surface area contributed by atoms with Crippen LogP contribution in [0.4, 0.5) is 32.0 Å². The number of hydrogen-bond acceptors (Lipinski definition) is 3. The number of aromatic nitrogens is 1. The van der Waals surface area contributed by atoms with E-state index in [0.29, 0.717) is 36.3 Å². The van der Waals surface area contributed by atoms with Crippen LogP contribution in [0.1, 0.15) is 48.2 Å². The summed E-state index contributed by atoms with van der Waals surface area (Å²) < 4.78 is 85.0. The molecule has 39 heavy (non-hydrogen) atoms. The van der Waals surface area contributed by atoms with Crippen LogP contribution in [0.15, 0.2) is 30.3 Å². The number of fused-ring (bicyclic) bond motifs is 3. The molecule has 1 fully saturated rings. The van der Waals surface area contributed by atoms with Gasteiger partial charge in [-0.15, -0.1) is 6.42 Å². The second-order valence-corrected chi connectivity index (χ2v) is 10.5. The number of alkyl halides is 4. The molecule has 0 bridgehead atoms. The van der Waals surface area contributed by atoms with Gasteiger partial charge in [-0.1, -0.05) is 12.0 Å². The van der Waals surface area contributed by atoms with Crippen LogP contribution < -0.4 is 5.32 Å². The van der Waals surface area contributed by atoms with Crippen molar-refractivity contribution in [2.45, 2.75) is 50.5 Å². The summed E-state index contributed by atoms with van der Waals surface area (Å²) in [6, 6.07) is 5.50. The number of H-pyrrole nitrogens is 1. The van der Waals surface area contributed by atoms with Gasteiger partial charge in [0.25, 0.3) is 0 Å². The van der Waals surface area contributed by atoms with Gasteiger partial charge in [-0.05, 0) is 56.0 Å². The van der Waals surface area contributed by atoms with Gasteiger partial charge < -0.3 is 15.2 Å². The van der Waals surface area contributed by atoms with Crippen molar-refractivity contribution in [3.8, 4) is 12.3 Å². The van der Waals surface area contributed by atoms with Crippen molar-refractivity contribution < 1.29 is 26.3 Å². The number of aromatic amines is 1. The quantitative estimate of drug-likeness (QED) is 0.274. The molecule has 4 nitrogen and oxygen atoms in total. The van der Waals surface area contributed by atoms with E-state index in [2.05, 4.69) is 21.1 Å². The Morgan fingerprint density at radius 2 is 1.90 bits per heavy atom. The lowest BCUT2D eigenvalue weighted by atomic mass is 9.88. The van der Waals surface area contributed by atoms with E-state index in [9.17, 15) is 17.6 Å². The standard InChI is InChI=1S/C29H30F6N4/c1-3-18-5-6-21-22-11-17(2)39(16-29(33,34)35)28(27(22)37-25(21)12-18)26-23(31)13-20(14-24(26)32)36-19-7-10-38(15-19)9-4-8-30/h1,5-6,12-14,17,19,28,36-37H,4,7-11,15-16H2,2H3/t17-,19+,28-/m1/s1. The van der Waals surface area contributed by atoms with Gasteiger partial charge in [0.2, 0.25) is 0 Å². The molecule has 2 aliphatic rings. The van der Waals surface area contributed by atoms with Crippen LogP contribution in [0.2, 0.25) is 0 Å². The van der Waals surface area contributed by atoms with E-state index in [0.717, 1.165) is 40.9 Å². The van der Waals surface area contributed by atoms with Crippen LogP contribution in [0.5, 0.6) is 0 Å². The molecule has 2 N–H and O–H groups in total. The molecule has 3 heterocycles. The molecule has 3 atom stereocenters. The highest BCUT2D eigenvalue weighted by Crippen LogP contribution is 2.44. The second kappa shape index (κ2) is 10.8.